The summed E-state index contributed by atoms with van der Waals surface area (Å²) in [5, 5.41) is 6.06. The summed E-state index contributed by atoms with van der Waals surface area (Å²) in [4.78, 5) is 4.31. The van der Waals surface area contributed by atoms with Gasteiger partial charge in [0.2, 0.25) is 0 Å². The summed E-state index contributed by atoms with van der Waals surface area (Å²) in [6.45, 7) is 8.74. The highest BCUT2D eigenvalue weighted by molar-refractivity contribution is 5.84. The molecular formula is C16H22N2. The molecule has 2 rings (SSSR count). The molecule has 1 aromatic carbocycles. The number of aromatic nitrogens is 1. The molecule has 1 aromatic heterocycles. The van der Waals surface area contributed by atoms with Crippen molar-refractivity contribution in [2.45, 2.75) is 33.7 Å². The van der Waals surface area contributed by atoms with E-state index in [4.69, 9.17) is 0 Å². The molecule has 1 N–H and O–H groups in total. The van der Waals surface area contributed by atoms with Crippen molar-refractivity contribution in [1.82, 2.24) is 10.3 Å². The Kier molecular flexibility index (Phi) is 3.97. The predicted octanol–water partition coefficient (Wildman–Crippen LogP) is 3.76. The number of nitrogens with zero attached hydrogens (tertiary/aromatic N) is 1. The van der Waals surface area contributed by atoms with Crippen LogP contribution in [0, 0.1) is 5.41 Å². The third-order valence-corrected chi connectivity index (χ3v) is 3.63. The van der Waals surface area contributed by atoms with Gasteiger partial charge in [-0.3, -0.25) is 4.98 Å². The van der Waals surface area contributed by atoms with Gasteiger partial charge in [0, 0.05) is 30.9 Å². The Labute approximate surface area is 109 Å². The number of rotatable bonds is 5. The minimum Gasteiger partial charge on any atom is -0.312 e. The molecular weight excluding hydrogens is 220 g/mol. The molecule has 2 aromatic rings. The summed E-state index contributed by atoms with van der Waals surface area (Å²) in [6.07, 6.45) is 5.08. The Bertz CT molecular complexity index is 512. The summed E-state index contributed by atoms with van der Waals surface area (Å²) < 4.78 is 0. The number of hydrogen-bond donors (Lipinski definition) is 1. The van der Waals surface area contributed by atoms with Gasteiger partial charge in [-0.05, 0) is 22.8 Å². The van der Waals surface area contributed by atoms with Crippen LogP contribution >= 0.6 is 0 Å². The van der Waals surface area contributed by atoms with Crippen molar-refractivity contribution in [2.24, 2.45) is 5.41 Å². The Balaban J connectivity index is 2.08. The molecule has 2 nitrogen and oxygen atoms in total. The fourth-order valence-electron chi connectivity index (χ4n) is 1.98. The van der Waals surface area contributed by atoms with Crippen LogP contribution in [0.4, 0.5) is 0 Å². The molecule has 18 heavy (non-hydrogen) atoms. The van der Waals surface area contributed by atoms with Gasteiger partial charge in [-0.2, -0.15) is 0 Å². The first-order valence-corrected chi connectivity index (χ1v) is 6.65. The highest BCUT2D eigenvalue weighted by Crippen LogP contribution is 2.19. The van der Waals surface area contributed by atoms with E-state index in [0.717, 1.165) is 13.1 Å². The Morgan fingerprint density at radius 1 is 1.17 bits per heavy atom. The summed E-state index contributed by atoms with van der Waals surface area (Å²) in [5.41, 5.74) is 1.64. The van der Waals surface area contributed by atoms with Gasteiger partial charge in [0.1, 0.15) is 0 Å². The van der Waals surface area contributed by atoms with Gasteiger partial charge >= 0.3 is 0 Å². The van der Waals surface area contributed by atoms with Crippen molar-refractivity contribution >= 4 is 10.8 Å². The van der Waals surface area contributed by atoms with Crippen LogP contribution in [-0.4, -0.2) is 11.5 Å². The van der Waals surface area contributed by atoms with Crippen molar-refractivity contribution in [3.05, 3.63) is 42.2 Å². The zero-order chi connectivity index (χ0) is 13.0. The first kappa shape index (κ1) is 13.0. The van der Waals surface area contributed by atoms with E-state index < -0.39 is 0 Å². The van der Waals surface area contributed by atoms with E-state index in [0.29, 0.717) is 5.41 Å². The van der Waals surface area contributed by atoms with Crippen LogP contribution in [0.25, 0.3) is 10.8 Å². The number of nitrogens with one attached hydrogen (secondary N) is 1. The molecule has 0 amide bonds. The van der Waals surface area contributed by atoms with Crippen molar-refractivity contribution < 1.29 is 0 Å². The number of fused-ring (bicyclic) bond motifs is 1. The Hall–Kier alpha value is -1.41. The van der Waals surface area contributed by atoms with Crippen molar-refractivity contribution in [1.29, 1.82) is 0 Å². The van der Waals surface area contributed by atoms with Gasteiger partial charge in [-0.25, -0.2) is 0 Å². The average molecular weight is 242 g/mol. The zero-order valence-corrected chi connectivity index (χ0v) is 11.5. The smallest absolute Gasteiger partial charge is 0.0346 e. The van der Waals surface area contributed by atoms with Gasteiger partial charge in [-0.1, -0.05) is 45.0 Å². The maximum Gasteiger partial charge on any atom is 0.0346 e. The van der Waals surface area contributed by atoms with E-state index in [1.54, 1.807) is 0 Å². The monoisotopic (exact) mass is 242 g/mol. The van der Waals surface area contributed by atoms with Gasteiger partial charge in [0.05, 0.1) is 0 Å². The normalized spacial score (nSPS) is 11.9. The van der Waals surface area contributed by atoms with Crippen LogP contribution in [-0.2, 0) is 6.54 Å². The summed E-state index contributed by atoms with van der Waals surface area (Å²) >= 11 is 0. The minimum absolute atomic E-state index is 0.359. The molecule has 0 fully saturated rings. The molecule has 0 saturated heterocycles. The first-order valence-electron chi connectivity index (χ1n) is 6.65. The predicted molar refractivity (Wildman–Crippen MR) is 77.5 cm³/mol. The maximum absolute atomic E-state index is 4.31. The average Bonchev–Trinajstić information content (AvgIpc) is 2.39. The SMILES string of the molecule is CCC(C)(C)CNCc1cncc2ccccc12. The van der Waals surface area contributed by atoms with Crippen molar-refractivity contribution in [3.8, 4) is 0 Å². The summed E-state index contributed by atoms with van der Waals surface area (Å²) in [6, 6.07) is 8.42. The van der Waals surface area contributed by atoms with Gasteiger partial charge in [0.25, 0.3) is 0 Å². The van der Waals surface area contributed by atoms with Crippen LogP contribution in [0.15, 0.2) is 36.7 Å². The molecule has 0 aliphatic rings. The molecule has 2 heteroatoms. The number of benzene rings is 1. The second-order valence-electron chi connectivity index (χ2n) is 5.64. The van der Waals surface area contributed by atoms with E-state index in [1.165, 1.54) is 22.8 Å². The standard InChI is InChI=1S/C16H22N2/c1-4-16(2,3)12-18-11-14-10-17-9-13-7-5-6-8-15(13)14/h5-10,18H,4,11-12H2,1-3H3. The van der Waals surface area contributed by atoms with Gasteiger partial charge < -0.3 is 5.32 Å². The maximum atomic E-state index is 4.31. The van der Waals surface area contributed by atoms with E-state index in [2.05, 4.69) is 55.3 Å². The highest BCUT2D eigenvalue weighted by Gasteiger charge is 2.14. The first-order chi connectivity index (χ1) is 8.62. The molecule has 0 aliphatic carbocycles. The molecule has 0 aliphatic heterocycles. The third kappa shape index (κ3) is 3.08. The van der Waals surface area contributed by atoms with Gasteiger partial charge in [-0.15, -0.1) is 0 Å². The fraction of sp³-hybridized carbons (Fsp3) is 0.438. The van der Waals surface area contributed by atoms with E-state index in [9.17, 15) is 0 Å². The molecule has 0 saturated carbocycles. The molecule has 0 bridgehead atoms. The van der Waals surface area contributed by atoms with Gasteiger partial charge in [0.15, 0.2) is 0 Å². The lowest BCUT2D eigenvalue weighted by atomic mass is 9.90. The lowest BCUT2D eigenvalue weighted by molar-refractivity contribution is 0.328. The summed E-state index contributed by atoms with van der Waals surface area (Å²) in [7, 11) is 0. The lowest BCUT2D eigenvalue weighted by Crippen LogP contribution is -2.28. The molecule has 0 unspecified atom stereocenters. The molecule has 0 atom stereocenters. The molecule has 96 valence electrons. The molecule has 0 radical (unpaired) electrons. The minimum atomic E-state index is 0.359. The van der Waals surface area contributed by atoms with Crippen LogP contribution in [0.5, 0.6) is 0 Å². The molecule has 1 heterocycles. The largest absolute Gasteiger partial charge is 0.312 e. The van der Waals surface area contributed by atoms with Crippen LogP contribution in [0.2, 0.25) is 0 Å². The second kappa shape index (κ2) is 5.49. The van der Waals surface area contributed by atoms with Crippen molar-refractivity contribution in [2.75, 3.05) is 6.54 Å². The number of hydrogen-bond acceptors (Lipinski definition) is 2. The number of pyridine rings is 1. The van der Waals surface area contributed by atoms with Crippen molar-refractivity contribution in [3.63, 3.8) is 0 Å². The van der Waals surface area contributed by atoms with Crippen LogP contribution in [0.3, 0.4) is 0 Å². The van der Waals surface area contributed by atoms with E-state index in [1.807, 2.05) is 12.4 Å². The van der Waals surface area contributed by atoms with E-state index >= 15 is 0 Å². The Morgan fingerprint density at radius 3 is 2.72 bits per heavy atom. The third-order valence-electron chi connectivity index (χ3n) is 3.63. The Morgan fingerprint density at radius 2 is 1.94 bits per heavy atom. The highest BCUT2D eigenvalue weighted by atomic mass is 14.9. The van der Waals surface area contributed by atoms with Crippen LogP contribution in [0.1, 0.15) is 32.8 Å². The zero-order valence-electron chi connectivity index (χ0n) is 11.5. The quantitative estimate of drug-likeness (QED) is 0.863. The lowest BCUT2D eigenvalue weighted by Gasteiger charge is -2.23. The summed E-state index contributed by atoms with van der Waals surface area (Å²) in [5.74, 6) is 0. The second-order valence-corrected chi connectivity index (χ2v) is 5.64. The topological polar surface area (TPSA) is 24.9 Å². The van der Waals surface area contributed by atoms with E-state index in [-0.39, 0.29) is 0 Å². The fourth-order valence-corrected chi connectivity index (χ4v) is 1.98. The van der Waals surface area contributed by atoms with Crippen LogP contribution < -0.4 is 5.32 Å². The molecule has 0 spiro atoms.